The number of aromatic nitrogens is 2. The zero-order valence-electron chi connectivity index (χ0n) is 15.7. The zero-order valence-corrected chi connectivity index (χ0v) is 16.5. The minimum Gasteiger partial charge on any atom is -0.471 e. The molecule has 2 aromatic carbocycles. The summed E-state index contributed by atoms with van der Waals surface area (Å²) in [7, 11) is 0. The predicted molar refractivity (Wildman–Crippen MR) is 110 cm³/mol. The first-order valence-corrected chi connectivity index (χ1v) is 9.48. The van der Waals surface area contributed by atoms with E-state index in [1.807, 2.05) is 24.3 Å². The number of ether oxygens (including phenoxy) is 1. The molecule has 2 aromatic heterocycles. The zero-order chi connectivity index (χ0) is 19.7. The van der Waals surface area contributed by atoms with Crippen molar-refractivity contribution in [2.24, 2.45) is 0 Å². The fourth-order valence-corrected chi connectivity index (χ4v) is 3.58. The standard InChI is InChI=1S/C23H20ClFN2O/c1-15-16(2)27(13-17-6-4-3-5-7-17)22-20(15)12-21(24)26-23(22)28-14-18-8-10-19(25)11-9-18/h3-12H,13-14H2,1-2H3. The lowest BCUT2D eigenvalue weighted by Gasteiger charge is -2.13. The first kappa shape index (κ1) is 18.5. The number of hydrogen-bond acceptors (Lipinski definition) is 2. The number of pyridine rings is 1. The lowest BCUT2D eigenvalue weighted by molar-refractivity contribution is 0.296. The van der Waals surface area contributed by atoms with Crippen molar-refractivity contribution in [3.05, 3.63) is 94.0 Å². The molecule has 4 aromatic rings. The van der Waals surface area contributed by atoms with Gasteiger partial charge in [-0.05, 0) is 48.7 Å². The second-order valence-electron chi connectivity index (χ2n) is 6.84. The molecule has 28 heavy (non-hydrogen) atoms. The molecule has 0 aliphatic heterocycles. The Morgan fingerprint density at radius 2 is 1.71 bits per heavy atom. The predicted octanol–water partition coefficient (Wildman–Crippen LogP) is 6.07. The molecule has 4 rings (SSSR count). The largest absolute Gasteiger partial charge is 0.471 e. The number of hydrogen-bond donors (Lipinski definition) is 0. The maximum absolute atomic E-state index is 13.1. The highest BCUT2D eigenvalue weighted by molar-refractivity contribution is 6.30. The number of nitrogens with zero attached hydrogens (tertiary/aromatic N) is 2. The van der Waals surface area contributed by atoms with Gasteiger partial charge in [0.05, 0.1) is 0 Å². The lowest BCUT2D eigenvalue weighted by Crippen LogP contribution is -2.05. The van der Waals surface area contributed by atoms with Gasteiger partial charge in [0.2, 0.25) is 5.88 Å². The van der Waals surface area contributed by atoms with E-state index in [9.17, 15) is 4.39 Å². The van der Waals surface area contributed by atoms with E-state index < -0.39 is 0 Å². The Balaban J connectivity index is 1.76. The molecule has 142 valence electrons. The monoisotopic (exact) mass is 394 g/mol. The van der Waals surface area contributed by atoms with Crippen LogP contribution in [0.5, 0.6) is 5.88 Å². The van der Waals surface area contributed by atoms with Crippen molar-refractivity contribution in [3.8, 4) is 5.88 Å². The molecule has 0 radical (unpaired) electrons. The van der Waals surface area contributed by atoms with Crippen LogP contribution in [0, 0.1) is 19.7 Å². The summed E-state index contributed by atoms with van der Waals surface area (Å²) in [5.74, 6) is 0.217. The van der Waals surface area contributed by atoms with E-state index in [0.717, 1.165) is 27.7 Å². The molecule has 5 heteroatoms. The second kappa shape index (κ2) is 7.64. The maximum Gasteiger partial charge on any atom is 0.240 e. The Bertz CT molecular complexity index is 1120. The Hall–Kier alpha value is -2.85. The van der Waals surface area contributed by atoms with Gasteiger partial charge in [0.1, 0.15) is 23.1 Å². The molecule has 0 saturated carbocycles. The summed E-state index contributed by atoms with van der Waals surface area (Å²) in [5.41, 5.74) is 5.29. The van der Waals surface area contributed by atoms with Gasteiger partial charge < -0.3 is 9.30 Å². The number of halogens is 2. The van der Waals surface area contributed by atoms with Crippen LogP contribution in [0.1, 0.15) is 22.4 Å². The number of aryl methyl sites for hydroxylation is 1. The minimum absolute atomic E-state index is 0.269. The smallest absolute Gasteiger partial charge is 0.240 e. The maximum atomic E-state index is 13.1. The number of rotatable bonds is 5. The minimum atomic E-state index is -0.269. The van der Waals surface area contributed by atoms with Crippen LogP contribution in [0.2, 0.25) is 5.15 Å². The van der Waals surface area contributed by atoms with Crippen molar-refractivity contribution in [2.45, 2.75) is 27.0 Å². The van der Waals surface area contributed by atoms with Gasteiger partial charge in [-0.2, -0.15) is 4.98 Å². The molecular formula is C23H20ClFN2O. The van der Waals surface area contributed by atoms with E-state index >= 15 is 0 Å². The van der Waals surface area contributed by atoms with Gasteiger partial charge in [-0.25, -0.2) is 4.39 Å². The van der Waals surface area contributed by atoms with Crippen LogP contribution in [0.4, 0.5) is 4.39 Å². The summed E-state index contributed by atoms with van der Waals surface area (Å²) in [4.78, 5) is 4.44. The van der Waals surface area contributed by atoms with E-state index in [-0.39, 0.29) is 12.4 Å². The van der Waals surface area contributed by atoms with Gasteiger partial charge in [-0.3, -0.25) is 0 Å². The molecule has 0 aliphatic carbocycles. The van der Waals surface area contributed by atoms with Crippen LogP contribution in [-0.2, 0) is 13.2 Å². The van der Waals surface area contributed by atoms with Crippen LogP contribution < -0.4 is 4.74 Å². The van der Waals surface area contributed by atoms with Gasteiger partial charge in [-0.1, -0.05) is 54.1 Å². The molecule has 2 heterocycles. The summed E-state index contributed by atoms with van der Waals surface area (Å²) < 4.78 is 21.4. The normalized spacial score (nSPS) is 11.1. The van der Waals surface area contributed by atoms with Crippen molar-refractivity contribution in [2.75, 3.05) is 0 Å². The second-order valence-corrected chi connectivity index (χ2v) is 7.23. The molecule has 0 fully saturated rings. The van der Waals surface area contributed by atoms with Crippen LogP contribution in [0.15, 0.2) is 60.7 Å². The molecule has 0 spiro atoms. The van der Waals surface area contributed by atoms with Gasteiger partial charge in [0.15, 0.2) is 0 Å². The van der Waals surface area contributed by atoms with E-state index in [1.54, 1.807) is 12.1 Å². The van der Waals surface area contributed by atoms with Crippen LogP contribution in [0.3, 0.4) is 0 Å². The average molecular weight is 395 g/mol. The Morgan fingerprint density at radius 3 is 2.43 bits per heavy atom. The quantitative estimate of drug-likeness (QED) is 0.384. The van der Waals surface area contributed by atoms with E-state index in [4.69, 9.17) is 16.3 Å². The van der Waals surface area contributed by atoms with Crippen molar-refractivity contribution < 1.29 is 9.13 Å². The summed E-state index contributed by atoms with van der Waals surface area (Å²) in [5, 5.41) is 1.42. The molecule has 0 aliphatic rings. The van der Waals surface area contributed by atoms with E-state index in [2.05, 4.69) is 35.5 Å². The summed E-state index contributed by atoms with van der Waals surface area (Å²) in [6.07, 6.45) is 0. The van der Waals surface area contributed by atoms with E-state index in [1.165, 1.54) is 17.7 Å². The van der Waals surface area contributed by atoms with Crippen LogP contribution in [0.25, 0.3) is 10.9 Å². The topological polar surface area (TPSA) is 27.1 Å². The Kier molecular flexibility index (Phi) is 5.05. The van der Waals surface area contributed by atoms with Crippen molar-refractivity contribution in [1.29, 1.82) is 0 Å². The third-order valence-corrected chi connectivity index (χ3v) is 5.22. The van der Waals surface area contributed by atoms with Crippen LogP contribution in [-0.4, -0.2) is 9.55 Å². The molecule has 3 nitrogen and oxygen atoms in total. The fourth-order valence-electron chi connectivity index (χ4n) is 3.39. The van der Waals surface area contributed by atoms with Gasteiger partial charge in [0.25, 0.3) is 0 Å². The summed E-state index contributed by atoms with van der Waals surface area (Å²) >= 11 is 6.27. The molecule has 0 unspecified atom stereocenters. The molecular weight excluding hydrogens is 375 g/mol. The molecule has 0 N–H and O–H groups in total. The highest BCUT2D eigenvalue weighted by Gasteiger charge is 2.18. The van der Waals surface area contributed by atoms with Gasteiger partial charge in [-0.15, -0.1) is 0 Å². The fraction of sp³-hybridized carbons (Fsp3) is 0.174. The first-order chi connectivity index (χ1) is 13.5. The van der Waals surface area contributed by atoms with Crippen molar-refractivity contribution in [3.63, 3.8) is 0 Å². The highest BCUT2D eigenvalue weighted by atomic mass is 35.5. The molecule has 0 bridgehead atoms. The van der Waals surface area contributed by atoms with Crippen molar-refractivity contribution in [1.82, 2.24) is 9.55 Å². The van der Waals surface area contributed by atoms with E-state index in [0.29, 0.717) is 17.6 Å². The Morgan fingerprint density at radius 1 is 1.00 bits per heavy atom. The molecule has 0 atom stereocenters. The number of fused-ring (bicyclic) bond motifs is 1. The SMILES string of the molecule is Cc1c(C)n(Cc2ccccc2)c2c(OCc3ccc(F)cc3)nc(Cl)cc12. The lowest BCUT2D eigenvalue weighted by atomic mass is 10.2. The molecule has 0 amide bonds. The Labute approximate surface area is 168 Å². The third kappa shape index (κ3) is 3.60. The molecule has 0 saturated heterocycles. The first-order valence-electron chi connectivity index (χ1n) is 9.10. The van der Waals surface area contributed by atoms with Gasteiger partial charge >= 0.3 is 0 Å². The third-order valence-electron chi connectivity index (χ3n) is 5.02. The van der Waals surface area contributed by atoms with Crippen LogP contribution >= 0.6 is 11.6 Å². The summed E-state index contributed by atoms with van der Waals surface area (Å²) in [6.45, 7) is 5.18. The number of benzene rings is 2. The van der Waals surface area contributed by atoms with Gasteiger partial charge in [0, 0.05) is 17.6 Å². The highest BCUT2D eigenvalue weighted by Crippen LogP contribution is 2.34. The summed E-state index contributed by atoms with van der Waals surface area (Å²) in [6, 6.07) is 18.4. The average Bonchev–Trinajstić information content (AvgIpc) is 2.93. The van der Waals surface area contributed by atoms with Crippen molar-refractivity contribution >= 4 is 22.5 Å².